The highest BCUT2D eigenvalue weighted by atomic mass is 16.5. The summed E-state index contributed by atoms with van der Waals surface area (Å²) in [5.74, 6) is 0.443. The van der Waals surface area contributed by atoms with Crippen LogP contribution in [0.2, 0.25) is 0 Å². The van der Waals surface area contributed by atoms with Crippen molar-refractivity contribution >= 4 is 12.6 Å². The summed E-state index contributed by atoms with van der Waals surface area (Å²) in [5.41, 5.74) is 2.73. The summed E-state index contributed by atoms with van der Waals surface area (Å²) in [6.45, 7) is 7.17. The van der Waals surface area contributed by atoms with Gasteiger partial charge in [0.05, 0.1) is 32.0 Å². The Labute approximate surface area is 135 Å². The number of hydrogen-bond donors (Lipinski definition) is 2. The van der Waals surface area contributed by atoms with Crippen molar-refractivity contribution in [2.45, 2.75) is 6.92 Å². The second-order valence-corrected chi connectivity index (χ2v) is 4.21. The monoisotopic (exact) mass is 325 g/mol. The van der Waals surface area contributed by atoms with Crippen LogP contribution < -0.4 is 10.3 Å². The topological polar surface area (TPSA) is 93.9 Å². The number of benzene rings is 1. The van der Waals surface area contributed by atoms with Gasteiger partial charge in [-0.15, -0.1) is 5.10 Å². The van der Waals surface area contributed by atoms with Gasteiger partial charge in [-0.25, -0.2) is 0 Å². The third-order valence-corrected chi connectivity index (χ3v) is 2.65. The normalized spacial score (nSPS) is 11.1. The molecule has 23 heavy (non-hydrogen) atoms. The molecular weight excluding hydrogens is 302 g/mol. The molecule has 0 aromatic heterocycles. The van der Waals surface area contributed by atoms with Crippen LogP contribution >= 0.6 is 0 Å². The lowest BCUT2D eigenvalue weighted by atomic mass is 10.2. The molecule has 0 bridgehead atoms. The number of nitrogens with one attached hydrogen (secondary N) is 1. The zero-order valence-corrected chi connectivity index (χ0v) is 13.4. The van der Waals surface area contributed by atoms with E-state index in [1.807, 2.05) is 6.92 Å². The van der Waals surface area contributed by atoms with E-state index in [0.717, 1.165) is 0 Å². The number of aromatic hydroxyl groups is 1. The molecule has 8 heteroatoms. The molecule has 0 aliphatic heterocycles. The predicted molar refractivity (Wildman–Crippen MR) is 87.1 cm³/mol. The molecule has 0 heterocycles. The van der Waals surface area contributed by atoms with Crippen LogP contribution in [-0.4, -0.2) is 57.9 Å². The summed E-state index contributed by atoms with van der Waals surface area (Å²) in [7, 11) is 1.61. The zero-order valence-electron chi connectivity index (χ0n) is 13.4. The zero-order chi connectivity index (χ0) is 16.9. The van der Waals surface area contributed by atoms with Crippen molar-refractivity contribution < 1.29 is 24.1 Å². The molecule has 1 aromatic carbocycles. The molecule has 0 amide bonds. The van der Waals surface area contributed by atoms with E-state index in [1.54, 1.807) is 25.3 Å². The number of para-hydroxylation sites is 1. The first kappa shape index (κ1) is 18.7. The van der Waals surface area contributed by atoms with E-state index >= 15 is 0 Å². The molecule has 128 valence electrons. The average molecular weight is 325 g/mol. The van der Waals surface area contributed by atoms with Crippen molar-refractivity contribution in [3.05, 3.63) is 23.8 Å². The van der Waals surface area contributed by atoms with E-state index in [2.05, 4.69) is 22.5 Å². The number of hydrogen-bond acceptors (Lipinski definition) is 8. The van der Waals surface area contributed by atoms with Crippen molar-refractivity contribution in [1.29, 1.82) is 0 Å². The third kappa shape index (κ3) is 6.54. The number of nitrogens with zero attached hydrogens (tertiary/aromatic N) is 2. The SMILES string of the molecule is C=NNN=C(OCC)c1cccc(OCCOCCOC)c1O. The van der Waals surface area contributed by atoms with Crippen LogP contribution in [0.5, 0.6) is 11.5 Å². The van der Waals surface area contributed by atoms with Crippen LogP contribution in [0.4, 0.5) is 0 Å². The summed E-state index contributed by atoms with van der Waals surface area (Å²) in [5, 5.41) is 17.6. The summed E-state index contributed by atoms with van der Waals surface area (Å²) in [4.78, 5) is 0. The van der Waals surface area contributed by atoms with E-state index in [0.29, 0.717) is 44.3 Å². The summed E-state index contributed by atoms with van der Waals surface area (Å²) in [6.07, 6.45) is 0. The highest BCUT2D eigenvalue weighted by Gasteiger charge is 2.15. The lowest BCUT2D eigenvalue weighted by Gasteiger charge is -2.13. The fraction of sp³-hybridized carbons (Fsp3) is 0.467. The van der Waals surface area contributed by atoms with Crippen molar-refractivity contribution in [2.24, 2.45) is 10.2 Å². The Kier molecular flexibility index (Phi) is 9.18. The predicted octanol–water partition coefficient (Wildman–Crippen LogP) is 1.34. The molecule has 0 radical (unpaired) electrons. The molecule has 0 spiro atoms. The molecule has 0 fully saturated rings. The first-order chi connectivity index (χ1) is 11.2. The van der Waals surface area contributed by atoms with E-state index < -0.39 is 0 Å². The Balaban J connectivity index is 2.70. The van der Waals surface area contributed by atoms with Crippen LogP contribution in [0.15, 0.2) is 28.4 Å². The Morgan fingerprint density at radius 1 is 1.26 bits per heavy atom. The third-order valence-electron chi connectivity index (χ3n) is 2.65. The molecule has 0 unspecified atom stereocenters. The van der Waals surface area contributed by atoms with E-state index in [9.17, 15) is 5.11 Å². The van der Waals surface area contributed by atoms with Gasteiger partial charge in [-0.05, 0) is 19.1 Å². The molecule has 0 aliphatic rings. The molecular formula is C15H23N3O5. The Hall–Kier alpha value is -2.32. The van der Waals surface area contributed by atoms with E-state index in [1.165, 1.54) is 0 Å². The van der Waals surface area contributed by atoms with Gasteiger partial charge in [0.2, 0.25) is 5.90 Å². The molecule has 1 aromatic rings. The highest BCUT2D eigenvalue weighted by molar-refractivity contribution is 5.97. The van der Waals surface area contributed by atoms with Gasteiger partial charge in [0.1, 0.15) is 6.61 Å². The summed E-state index contributed by atoms with van der Waals surface area (Å²) < 4.78 is 21.1. The minimum absolute atomic E-state index is 0.0672. The molecule has 0 aliphatic carbocycles. The number of phenolic OH excluding ortho intramolecular Hbond substituents is 1. The van der Waals surface area contributed by atoms with Crippen molar-refractivity contribution in [1.82, 2.24) is 5.53 Å². The maximum atomic E-state index is 10.3. The standard InChI is InChI=1S/C15H23N3O5/c1-4-22-15(17-18-16-2)12-6-5-7-13(14(12)19)23-11-10-21-9-8-20-3/h5-7,18-19H,2,4,8-11H2,1,3H3. The van der Waals surface area contributed by atoms with Crippen molar-refractivity contribution in [3.63, 3.8) is 0 Å². The van der Waals surface area contributed by atoms with E-state index in [-0.39, 0.29) is 11.6 Å². The van der Waals surface area contributed by atoms with Crippen molar-refractivity contribution in [3.8, 4) is 11.5 Å². The van der Waals surface area contributed by atoms with Crippen LogP contribution in [0.3, 0.4) is 0 Å². The molecule has 2 N–H and O–H groups in total. The van der Waals surface area contributed by atoms with Gasteiger partial charge in [0, 0.05) is 13.8 Å². The number of rotatable bonds is 11. The number of hydrazone groups is 2. The molecule has 0 saturated heterocycles. The summed E-state index contributed by atoms with van der Waals surface area (Å²) in [6, 6.07) is 5.04. The fourth-order valence-corrected chi connectivity index (χ4v) is 1.65. The Morgan fingerprint density at radius 3 is 2.74 bits per heavy atom. The minimum atomic E-state index is -0.0672. The van der Waals surface area contributed by atoms with Crippen LogP contribution in [-0.2, 0) is 14.2 Å². The lowest BCUT2D eigenvalue weighted by Crippen LogP contribution is -2.13. The van der Waals surface area contributed by atoms with Gasteiger partial charge in [-0.3, -0.25) is 0 Å². The van der Waals surface area contributed by atoms with E-state index in [4.69, 9.17) is 18.9 Å². The lowest BCUT2D eigenvalue weighted by molar-refractivity contribution is 0.0540. The number of methoxy groups -OCH3 is 1. The second-order valence-electron chi connectivity index (χ2n) is 4.21. The van der Waals surface area contributed by atoms with Gasteiger partial charge in [-0.2, -0.15) is 10.6 Å². The quantitative estimate of drug-likeness (QED) is 0.276. The highest BCUT2D eigenvalue weighted by Crippen LogP contribution is 2.30. The Bertz CT molecular complexity index is 508. The molecule has 1 rings (SSSR count). The maximum Gasteiger partial charge on any atom is 0.243 e. The van der Waals surface area contributed by atoms with Gasteiger partial charge < -0.3 is 24.1 Å². The van der Waals surface area contributed by atoms with Gasteiger partial charge in [0.25, 0.3) is 0 Å². The number of phenols is 1. The molecule has 0 saturated carbocycles. The first-order valence-corrected chi connectivity index (χ1v) is 7.17. The van der Waals surface area contributed by atoms with Gasteiger partial charge in [-0.1, -0.05) is 6.07 Å². The van der Waals surface area contributed by atoms with Crippen LogP contribution in [0.25, 0.3) is 0 Å². The number of ether oxygens (including phenoxy) is 4. The molecule has 8 nitrogen and oxygen atoms in total. The first-order valence-electron chi connectivity index (χ1n) is 7.17. The second kappa shape index (κ2) is 11.3. The summed E-state index contributed by atoms with van der Waals surface area (Å²) >= 11 is 0. The van der Waals surface area contributed by atoms with Crippen molar-refractivity contribution in [2.75, 3.05) is 40.1 Å². The maximum absolute atomic E-state index is 10.3. The van der Waals surface area contributed by atoms with Gasteiger partial charge in [0.15, 0.2) is 11.5 Å². The van der Waals surface area contributed by atoms with Crippen LogP contribution in [0.1, 0.15) is 12.5 Å². The minimum Gasteiger partial charge on any atom is -0.504 e. The largest absolute Gasteiger partial charge is 0.504 e. The molecule has 0 atom stereocenters. The average Bonchev–Trinajstić information content (AvgIpc) is 2.56. The van der Waals surface area contributed by atoms with Gasteiger partial charge >= 0.3 is 0 Å². The fourth-order valence-electron chi connectivity index (χ4n) is 1.65. The smallest absolute Gasteiger partial charge is 0.243 e. The Morgan fingerprint density at radius 2 is 2.04 bits per heavy atom. The van der Waals surface area contributed by atoms with Crippen LogP contribution in [0, 0.1) is 0 Å².